The second kappa shape index (κ2) is 6.75. The highest BCUT2D eigenvalue weighted by atomic mass is 16.5. The predicted molar refractivity (Wildman–Crippen MR) is 68.4 cm³/mol. The summed E-state index contributed by atoms with van der Waals surface area (Å²) in [5, 5.41) is 30.5. The van der Waals surface area contributed by atoms with Gasteiger partial charge in [0.05, 0.1) is 17.9 Å². The molecule has 20 heavy (non-hydrogen) atoms. The van der Waals surface area contributed by atoms with Crippen LogP contribution >= 0.6 is 0 Å². The molecule has 0 atom stereocenters. The van der Waals surface area contributed by atoms with E-state index < -0.39 is 17.7 Å². The average molecular weight is 277 g/mol. The summed E-state index contributed by atoms with van der Waals surface area (Å²) in [5.74, 6) is -2.47. The predicted octanol–water partition coefficient (Wildman–Crippen LogP) is 0.945. The van der Waals surface area contributed by atoms with E-state index in [1.807, 2.05) is 0 Å². The SMILES string of the molecule is CCOC(=O)/C(C#N)=N/Nc1ccc(C(=O)O)cc1O. The number of rotatable bonds is 5. The minimum atomic E-state index is -1.19. The van der Waals surface area contributed by atoms with Crippen molar-refractivity contribution in [1.29, 1.82) is 5.26 Å². The van der Waals surface area contributed by atoms with Crippen molar-refractivity contribution in [2.24, 2.45) is 5.10 Å². The zero-order chi connectivity index (χ0) is 15.1. The summed E-state index contributed by atoms with van der Waals surface area (Å²) in [5.41, 5.74) is 1.71. The molecule has 104 valence electrons. The van der Waals surface area contributed by atoms with Gasteiger partial charge in [0.25, 0.3) is 0 Å². The summed E-state index contributed by atoms with van der Waals surface area (Å²) < 4.78 is 4.59. The molecule has 0 spiro atoms. The number of esters is 1. The number of phenolic OH excluding ortho intramolecular Hbond substituents is 1. The summed E-state index contributed by atoms with van der Waals surface area (Å²) in [6.07, 6.45) is 0. The lowest BCUT2D eigenvalue weighted by atomic mass is 10.2. The van der Waals surface area contributed by atoms with Gasteiger partial charge < -0.3 is 14.9 Å². The maximum Gasteiger partial charge on any atom is 0.369 e. The van der Waals surface area contributed by atoms with Gasteiger partial charge in [0.15, 0.2) is 0 Å². The van der Waals surface area contributed by atoms with Crippen molar-refractivity contribution in [3.63, 3.8) is 0 Å². The maximum absolute atomic E-state index is 11.3. The van der Waals surface area contributed by atoms with E-state index >= 15 is 0 Å². The fraction of sp³-hybridized carbons (Fsp3) is 0.167. The third-order valence-electron chi connectivity index (χ3n) is 2.11. The first-order valence-electron chi connectivity index (χ1n) is 5.46. The van der Waals surface area contributed by atoms with Crippen LogP contribution in [0.25, 0.3) is 0 Å². The molecule has 0 unspecified atom stereocenters. The molecule has 0 aliphatic heterocycles. The molecular formula is C12H11N3O5. The molecule has 1 aromatic rings. The van der Waals surface area contributed by atoms with Gasteiger partial charge in [-0.3, -0.25) is 5.43 Å². The largest absolute Gasteiger partial charge is 0.506 e. The summed E-state index contributed by atoms with van der Waals surface area (Å²) in [4.78, 5) is 21.9. The van der Waals surface area contributed by atoms with E-state index in [4.69, 9.17) is 10.4 Å². The molecule has 0 heterocycles. The van der Waals surface area contributed by atoms with Crippen molar-refractivity contribution in [2.45, 2.75) is 6.92 Å². The molecule has 1 rings (SSSR count). The Hall–Kier alpha value is -3.08. The van der Waals surface area contributed by atoms with Crippen LogP contribution in [0.1, 0.15) is 17.3 Å². The lowest BCUT2D eigenvalue weighted by Gasteiger charge is -2.05. The molecule has 3 N–H and O–H groups in total. The molecule has 0 saturated heterocycles. The minimum absolute atomic E-state index is 0.0482. The zero-order valence-electron chi connectivity index (χ0n) is 10.5. The third-order valence-corrected chi connectivity index (χ3v) is 2.11. The summed E-state index contributed by atoms with van der Waals surface area (Å²) in [7, 11) is 0. The summed E-state index contributed by atoms with van der Waals surface area (Å²) >= 11 is 0. The van der Waals surface area contributed by atoms with Crippen LogP contribution in [-0.4, -0.2) is 34.5 Å². The fourth-order valence-electron chi connectivity index (χ4n) is 1.19. The lowest BCUT2D eigenvalue weighted by molar-refractivity contribution is -0.134. The van der Waals surface area contributed by atoms with Gasteiger partial charge in [-0.05, 0) is 25.1 Å². The Morgan fingerprint density at radius 1 is 1.50 bits per heavy atom. The van der Waals surface area contributed by atoms with Crippen LogP contribution in [0.5, 0.6) is 5.75 Å². The molecule has 0 aromatic heterocycles. The topological polar surface area (TPSA) is 132 Å². The molecule has 0 bridgehead atoms. The zero-order valence-corrected chi connectivity index (χ0v) is 10.5. The molecule has 0 aliphatic carbocycles. The number of phenols is 1. The Balaban J connectivity index is 2.91. The highest BCUT2D eigenvalue weighted by molar-refractivity contribution is 6.43. The third kappa shape index (κ3) is 3.71. The Bertz CT molecular complexity index is 604. The van der Waals surface area contributed by atoms with E-state index in [-0.39, 0.29) is 23.6 Å². The lowest BCUT2D eigenvalue weighted by Crippen LogP contribution is -2.17. The first-order chi connectivity index (χ1) is 9.49. The monoisotopic (exact) mass is 277 g/mol. The van der Waals surface area contributed by atoms with Crippen molar-refractivity contribution < 1.29 is 24.5 Å². The van der Waals surface area contributed by atoms with Crippen LogP contribution in [0.2, 0.25) is 0 Å². The number of hydrogen-bond acceptors (Lipinski definition) is 7. The second-order valence-electron chi connectivity index (χ2n) is 3.44. The number of aromatic carboxylic acids is 1. The number of ether oxygens (including phenoxy) is 1. The van der Waals surface area contributed by atoms with E-state index in [0.717, 1.165) is 6.07 Å². The van der Waals surface area contributed by atoms with Crippen LogP contribution in [-0.2, 0) is 9.53 Å². The Labute approximate surface area is 113 Å². The van der Waals surface area contributed by atoms with E-state index in [0.29, 0.717) is 0 Å². The Morgan fingerprint density at radius 3 is 2.70 bits per heavy atom. The quantitative estimate of drug-likeness (QED) is 0.316. The molecule has 0 aliphatic rings. The van der Waals surface area contributed by atoms with Gasteiger partial charge in [0, 0.05) is 0 Å². The number of nitriles is 1. The smallest absolute Gasteiger partial charge is 0.369 e. The van der Waals surface area contributed by atoms with Crippen LogP contribution < -0.4 is 5.43 Å². The molecule has 0 radical (unpaired) electrons. The van der Waals surface area contributed by atoms with Crippen LogP contribution in [0, 0.1) is 11.3 Å². The summed E-state index contributed by atoms with van der Waals surface area (Å²) in [6.45, 7) is 1.68. The van der Waals surface area contributed by atoms with Crippen molar-refractivity contribution in [3.05, 3.63) is 23.8 Å². The van der Waals surface area contributed by atoms with E-state index in [1.54, 1.807) is 13.0 Å². The van der Waals surface area contributed by atoms with Gasteiger partial charge >= 0.3 is 11.9 Å². The van der Waals surface area contributed by atoms with Gasteiger partial charge in [0.1, 0.15) is 11.8 Å². The maximum atomic E-state index is 11.3. The Morgan fingerprint density at radius 2 is 2.20 bits per heavy atom. The normalized spacial score (nSPS) is 10.5. The number of carboxylic acid groups (broad SMARTS) is 1. The number of carboxylic acids is 1. The number of carbonyl (C=O) groups excluding carboxylic acids is 1. The number of nitrogens with zero attached hydrogens (tertiary/aromatic N) is 2. The second-order valence-corrected chi connectivity index (χ2v) is 3.44. The molecule has 0 amide bonds. The molecule has 0 saturated carbocycles. The van der Waals surface area contributed by atoms with Gasteiger partial charge in [-0.1, -0.05) is 0 Å². The highest BCUT2D eigenvalue weighted by Crippen LogP contribution is 2.24. The van der Waals surface area contributed by atoms with Crippen LogP contribution in [0.15, 0.2) is 23.3 Å². The van der Waals surface area contributed by atoms with Crippen molar-refractivity contribution in [1.82, 2.24) is 0 Å². The van der Waals surface area contributed by atoms with E-state index in [9.17, 15) is 14.7 Å². The van der Waals surface area contributed by atoms with E-state index in [1.165, 1.54) is 12.1 Å². The minimum Gasteiger partial charge on any atom is -0.506 e. The van der Waals surface area contributed by atoms with Gasteiger partial charge in [-0.2, -0.15) is 10.4 Å². The van der Waals surface area contributed by atoms with Crippen molar-refractivity contribution >= 4 is 23.3 Å². The number of nitrogens with one attached hydrogen (secondary N) is 1. The van der Waals surface area contributed by atoms with E-state index in [2.05, 4.69) is 15.3 Å². The molecule has 0 fully saturated rings. The van der Waals surface area contributed by atoms with Crippen LogP contribution in [0.4, 0.5) is 5.69 Å². The van der Waals surface area contributed by atoms with Crippen LogP contribution in [0.3, 0.4) is 0 Å². The highest BCUT2D eigenvalue weighted by Gasteiger charge is 2.12. The molecule has 8 nitrogen and oxygen atoms in total. The number of benzene rings is 1. The fourth-order valence-corrected chi connectivity index (χ4v) is 1.19. The summed E-state index contributed by atoms with van der Waals surface area (Å²) in [6, 6.07) is 5.04. The molecular weight excluding hydrogens is 266 g/mol. The van der Waals surface area contributed by atoms with Gasteiger partial charge in [-0.25, -0.2) is 9.59 Å². The first kappa shape index (κ1) is 15.0. The number of hydrogen-bond donors (Lipinski definition) is 3. The van der Waals surface area contributed by atoms with Gasteiger partial charge in [0.2, 0.25) is 5.71 Å². The first-order valence-corrected chi connectivity index (χ1v) is 5.46. The Kier molecular flexibility index (Phi) is 5.05. The number of hydrazone groups is 1. The average Bonchev–Trinajstić information content (AvgIpc) is 2.41. The van der Waals surface area contributed by atoms with Crippen molar-refractivity contribution in [3.8, 4) is 11.8 Å². The number of aromatic hydroxyl groups is 1. The standard InChI is InChI=1S/C12H11N3O5/c1-2-20-12(19)9(6-13)15-14-8-4-3-7(11(17)18)5-10(8)16/h3-5,14,16H,2H2,1H3,(H,17,18)/b15-9+. The van der Waals surface area contributed by atoms with Crippen molar-refractivity contribution in [2.75, 3.05) is 12.0 Å². The molecule has 8 heteroatoms. The number of carbonyl (C=O) groups is 2. The number of anilines is 1. The molecule has 1 aromatic carbocycles. The van der Waals surface area contributed by atoms with Gasteiger partial charge in [-0.15, -0.1) is 0 Å².